The van der Waals surface area contributed by atoms with Gasteiger partial charge in [-0.2, -0.15) is 0 Å². The number of rotatable bonds is 1. The van der Waals surface area contributed by atoms with E-state index in [0.29, 0.717) is 6.61 Å². The van der Waals surface area contributed by atoms with Crippen LogP contribution < -0.4 is 0 Å². The second kappa shape index (κ2) is 4.43. The molecule has 0 saturated carbocycles. The monoisotopic (exact) mass is 244 g/mol. The summed E-state index contributed by atoms with van der Waals surface area (Å²) in [5, 5.41) is 9.47. The molecule has 0 aromatic heterocycles. The molecule has 1 heterocycles. The number of hydrogen-bond donors (Lipinski definition) is 1. The number of hydrogen-bond acceptors (Lipinski definition) is 3. The molecule has 2 aromatic rings. The van der Waals surface area contributed by atoms with Crippen LogP contribution in [0.25, 0.3) is 0 Å². The Kier molecular flexibility index (Phi) is 2.79. The van der Waals surface area contributed by atoms with Crippen LogP contribution in [0, 0.1) is 0 Å². The summed E-state index contributed by atoms with van der Waals surface area (Å²) in [7, 11) is 0. The second-order valence-corrected chi connectivity index (χ2v) is 5.07. The minimum atomic E-state index is -0.0306. The molecule has 86 valence electrons. The van der Waals surface area contributed by atoms with Crippen LogP contribution in [0.1, 0.15) is 16.6 Å². The molecule has 0 saturated heterocycles. The Bertz CT molecular complexity index is 539. The number of aromatic hydroxyl groups is 1. The lowest BCUT2D eigenvalue weighted by Gasteiger charge is -2.24. The zero-order valence-electron chi connectivity index (χ0n) is 9.17. The highest BCUT2D eigenvalue weighted by Crippen LogP contribution is 2.43. The van der Waals surface area contributed by atoms with Crippen molar-refractivity contribution < 1.29 is 9.84 Å². The van der Waals surface area contributed by atoms with Gasteiger partial charge in [0.2, 0.25) is 0 Å². The van der Waals surface area contributed by atoms with Gasteiger partial charge in [-0.05, 0) is 29.3 Å². The lowest BCUT2D eigenvalue weighted by atomic mass is 10.2. The predicted octanol–water partition coefficient (Wildman–Crippen LogP) is 3.71. The molecule has 1 atom stereocenters. The van der Waals surface area contributed by atoms with Gasteiger partial charge in [0, 0.05) is 4.90 Å². The summed E-state index contributed by atoms with van der Waals surface area (Å²) >= 11 is 1.69. The SMILES string of the molecule is Oc1cccc(C2OCc3ccccc3S2)c1. The van der Waals surface area contributed by atoms with E-state index in [0.717, 1.165) is 5.56 Å². The fraction of sp³-hybridized carbons (Fsp3) is 0.143. The van der Waals surface area contributed by atoms with Crippen LogP contribution in [-0.4, -0.2) is 5.11 Å². The third kappa shape index (κ3) is 2.16. The average Bonchev–Trinajstić information content (AvgIpc) is 2.38. The third-order valence-corrected chi connectivity index (χ3v) is 4.01. The maximum absolute atomic E-state index is 9.47. The summed E-state index contributed by atoms with van der Waals surface area (Å²) in [6.07, 6.45) is 0. The zero-order chi connectivity index (χ0) is 11.7. The van der Waals surface area contributed by atoms with Crippen LogP contribution in [0.2, 0.25) is 0 Å². The van der Waals surface area contributed by atoms with Crippen LogP contribution in [0.4, 0.5) is 0 Å². The van der Waals surface area contributed by atoms with Crippen LogP contribution in [-0.2, 0) is 11.3 Å². The van der Waals surface area contributed by atoms with E-state index in [9.17, 15) is 5.11 Å². The number of thioether (sulfide) groups is 1. The van der Waals surface area contributed by atoms with Crippen molar-refractivity contribution in [3.05, 3.63) is 59.7 Å². The van der Waals surface area contributed by atoms with Crippen LogP contribution in [0.5, 0.6) is 5.75 Å². The highest BCUT2D eigenvalue weighted by atomic mass is 32.2. The Balaban J connectivity index is 1.89. The Labute approximate surface area is 104 Å². The Hall–Kier alpha value is -1.45. The first-order valence-electron chi connectivity index (χ1n) is 5.48. The molecule has 0 fully saturated rings. The van der Waals surface area contributed by atoms with E-state index in [-0.39, 0.29) is 11.2 Å². The van der Waals surface area contributed by atoms with Crippen molar-refractivity contribution in [1.29, 1.82) is 0 Å². The summed E-state index contributed by atoms with van der Waals surface area (Å²) in [6, 6.07) is 15.5. The van der Waals surface area contributed by atoms with Crippen molar-refractivity contribution >= 4 is 11.8 Å². The van der Waals surface area contributed by atoms with E-state index in [1.165, 1.54) is 10.5 Å². The molecule has 1 N–H and O–H groups in total. The molecule has 1 unspecified atom stereocenters. The van der Waals surface area contributed by atoms with Crippen molar-refractivity contribution in [3.63, 3.8) is 0 Å². The van der Waals surface area contributed by atoms with Crippen molar-refractivity contribution in [2.75, 3.05) is 0 Å². The maximum Gasteiger partial charge on any atom is 0.133 e. The minimum absolute atomic E-state index is 0.0306. The van der Waals surface area contributed by atoms with E-state index in [4.69, 9.17) is 4.74 Å². The van der Waals surface area contributed by atoms with Crippen molar-refractivity contribution in [3.8, 4) is 5.75 Å². The maximum atomic E-state index is 9.47. The van der Waals surface area contributed by atoms with Crippen molar-refractivity contribution in [2.24, 2.45) is 0 Å². The lowest BCUT2D eigenvalue weighted by molar-refractivity contribution is 0.0925. The molecule has 3 heteroatoms. The van der Waals surface area contributed by atoms with E-state index < -0.39 is 0 Å². The highest BCUT2D eigenvalue weighted by molar-refractivity contribution is 7.99. The second-order valence-electron chi connectivity index (χ2n) is 3.96. The first-order valence-corrected chi connectivity index (χ1v) is 6.36. The molecule has 2 aromatic carbocycles. The van der Waals surface area contributed by atoms with Crippen LogP contribution in [0.15, 0.2) is 53.4 Å². The molecule has 0 spiro atoms. The molecule has 0 aliphatic carbocycles. The molecule has 1 aliphatic rings. The van der Waals surface area contributed by atoms with Crippen LogP contribution >= 0.6 is 11.8 Å². The summed E-state index contributed by atoms with van der Waals surface area (Å²) in [5.41, 5.74) is 2.20. The molecular weight excluding hydrogens is 232 g/mol. The average molecular weight is 244 g/mol. The Morgan fingerprint density at radius 1 is 1.12 bits per heavy atom. The summed E-state index contributed by atoms with van der Waals surface area (Å²) in [5.74, 6) is 0.283. The zero-order valence-corrected chi connectivity index (χ0v) is 9.98. The largest absolute Gasteiger partial charge is 0.508 e. The van der Waals surface area contributed by atoms with Gasteiger partial charge in [0.25, 0.3) is 0 Å². The quantitative estimate of drug-likeness (QED) is 0.829. The minimum Gasteiger partial charge on any atom is -0.508 e. The molecule has 1 aliphatic heterocycles. The van der Waals surface area contributed by atoms with E-state index in [2.05, 4.69) is 12.1 Å². The van der Waals surface area contributed by atoms with Gasteiger partial charge in [-0.1, -0.05) is 42.1 Å². The molecular formula is C14H12O2S. The van der Waals surface area contributed by atoms with Crippen LogP contribution in [0.3, 0.4) is 0 Å². The molecule has 2 nitrogen and oxygen atoms in total. The van der Waals surface area contributed by atoms with Gasteiger partial charge in [0.1, 0.15) is 11.2 Å². The van der Waals surface area contributed by atoms with Gasteiger partial charge >= 0.3 is 0 Å². The van der Waals surface area contributed by atoms with E-state index >= 15 is 0 Å². The number of ether oxygens (including phenoxy) is 1. The number of phenols is 1. The highest BCUT2D eigenvalue weighted by Gasteiger charge is 2.21. The van der Waals surface area contributed by atoms with Gasteiger partial charge in [0.05, 0.1) is 6.61 Å². The van der Waals surface area contributed by atoms with E-state index in [1.54, 1.807) is 23.9 Å². The predicted molar refractivity (Wildman–Crippen MR) is 67.9 cm³/mol. The first kappa shape index (κ1) is 10.7. The standard InChI is InChI=1S/C14H12O2S/c15-12-6-3-5-10(8-12)14-16-9-11-4-1-2-7-13(11)17-14/h1-8,14-15H,9H2. The normalized spacial score (nSPS) is 18.7. The number of benzene rings is 2. The Morgan fingerprint density at radius 2 is 2.00 bits per heavy atom. The fourth-order valence-electron chi connectivity index (χ4n) is 1.89. The topological polar surface area (TPSA) is 29.5 Å². The number of fused-ring (bicyclic) bond motifs is 1. The lowest BCUT2D eigenvalue weighted by Crippen LogP contribution is -2.07. The van der Waals surface area contributed by atoms with Gasteiger partial charge in [-0.25, -0.2) is 0 Å². The summed E-state index contributed by atoms with van der Waals surface area (Å²) in [4.78, 5) is 1.26. The summed E-state index contributed by atoms with van der Waals surface area (Å²) < 4.78 is 5.80. The molecule has 17 heavy (non-hydrogen) atoms. The fourth-order valence-corrected chi connectivity index (χ4v) is 2.97. The molecule has 3 rings (SSSR count). The smallest absolute Gasteiger partial charge is 0.133 e. The van der Waals surface area contributed by atoms with Crippen molar-refractivity contribution in [1.82, 2.24) is 0 Å². The van der Waals surface area contributed by atoms with Gasteiger partial charge in [0.15, 0.2) is 0 Å². The number of phenolic OH excluding ortho intramolecular Hbond substituents is 1. The first-order chi connectivity index (χ1) is 8.33. The van der Waals surface area contributed by atoms with Gasteiger partial charge in [-0.3, -0.25) is 0 Å². The summed E-state index contributed by atoms with van der Waals surface area (Å²) in [6.45, 7) is 0.628. The Morgan fingerprint density at radius 3 is 2.88 bits per heavy atom. The molecule has 0 radical (unpaired) electrons. The van der Waals surface area contributed by atoms with Gasteiger partial charge < -0.3 is 9.84 Å². The van der Waals surface area contributed by atoms with Crippen molar-refractivity contribution in [2.45, 2.75) is 16.9 Å². The third-order valence-electron chi connectivity index (χ3n) is 2.74. The molecule has 0 amide bonds. The van der Waals surface area contributed by atoms with Gasteiger partial charge in [-0.15, -0.1) is 0 Å². The molecule has 0 bridgehead atoms. The van der Waals surface area contributed by atoms with E-state index in [1.807, 2.05) is 24.3 Å².